The fraction of sp³-hybridized carbons (Fsp3) is 0.278. The van der Waals surface area contributed by atoms with E-state index < -0.39 is 0 Å². The van der Waals surface area contributed by atoms with E-state index >= 15 is 0 Å². The van der Waals surface area contributed by atoms with Crippen LogP contribution in [0.2, 0.25) is 0 Å². The number of nitrogens with zero attached hydrogens (tertiary/aromatic N) is 1. The van der Waals surface area contributed by atoms with E-state index in [1.807, 2.05) is 53.4 Å². The Bertz CT molecular complexity index is 652. The van der Waals surface area contributed by atoms with Gasteiger partial charge in [-0.15, -0.1) is 0 Å². The van der Waals surface area contributed by atoms with Crippen molar-refractivity contribution in [3.8, 4) is 0 Å². The van der Waals surface area contributed by atoms with E-state index in [0.29, 0.717) is 5.69 Å². The average molecular weight is 280 g/mol. The van der Waals surface area contributed by atoms with Crippen molar-refractivity contribution < 1.29 is 4.79 Å². The summed E-state index contributed by atoms with van der Waals surface area (Å²) < 4.78 is 0. The van der Waals surface area contributed by atoms with Crippen LogP contribution in [-0.2, 0) is 11.2 Å². The summed E-state index contributed by atoms with van der Waals surface area (Å²) in [5.41, 5.74) is 9.86. The fourth-order valence-electron chi connectivity index (χ4n) is 3.05. The number of fused-ring (bicyclic) bond motifs is 1. The Morgan fingerprint density at radius 1 is 1.24 bits per heavy atom. The van der Waals surface area contributed by atoms with Gasteiger partial charge < -0.3 is 10.6 Å². The molecule has 0 saturated carbocycles. The first kappa shape index (κ1) is 13.7. The number of benzene rings is 2. The quantitative estimate of drug-likeness (QED) is 0.876. The first-order chi connectivity index (χ1) is 10.2. The number of carbonyl (C=O) groups excluding carboxylic acids is 1. The highest BCUT2D eigenvalue weighted by Crippen LogP contribution is 2.33. The molecule has 1 atom stereocenters. The molecule has 21 heavy (non-hydrogen) atoms. The van der Waals surface area contributed by atoms with E-state index in [1.165, 1.54) is 5.56 Å². The fourth-order valence-corrected chi connectivity index (χ4v) is 3.05. The number of nitrogen functional groups attached to an aromatic ring is 1. The van der Waals surface area contributed by atoms with Gasteiger partial charge in [-0.1, -0.05) is 43.3 Å². The third-order valence-corrected chi connectivity index (χ3v) is 4.18. The third kappa shape index (κ3) is 2.51. The molecule has 1 heterocycles. The zero-order valence-electron chi connectivity index (χ0n) is 12.3. The lowest BCUT2D eigenvalue weighted by Gasteiger charge is -2.24. The lowest BCUT2D eigenvalue weighted by atomic mass is 9.95. The summed E-state index contributed by atoms with van der Waals surface area (Å²) >= 11 is 0. The van der Waals surface area contributed by atoms with Crippen LogP contribution < -0.4 is 10.6 Å². The van der Waals surface area contributed by atoms with Crippen LogP contribution in [0.15, 0.2) is 48.5 Å². The van der Waals surface area contributed by atoms with Crippen LogP contribution in [0.3, 0.4) is 0 Å². The van der Waals surface area contributed by atoms with E-state index in [4.69, 9.17) is 5.73 Å². The van der Waals surface area contributed by atoms with Crippen molar-refractivity contribution in [2.24, 2.45) is 0 Å². The van der Waals surface area contributed by atoms with E-state index in [0.717, 1.165) is 30.6 Å². The highest BCUT2D eigenvalue weighted by Gasteiger charge is 2.30. The van der Waals surface area contributed by atoms with Gasteiger partial charge in [0.2, 0.25) is 5.91 Å². The monoisotopic (exact) mass is 280 g/mol. The van der Waals surface area contributed by atoms with Gasteiger partial charge in [-0.2, -0.15) is 0 Å². The molecule has 1 amide bonds. The molecule has 0 bridgehead atoms. The van der Waals surface area contributed by atoms with Crippen molar-refractivity contribution in [1.29, 1.82) is 0 Å². The lowest BCUT2D eigenvalue weighted by Crippen LogP contribution is -2.33. The molecule has 0 fully saturated rings. The smallest absolute Gasteiger partial charge is 0.234 e. The van der Waals surface area contributed by atoms with Gasteiger partial charge in [0.15, 0.2) is 0 Å². The Balaban J connectivity index is 1.91. The summed E-state index contributed by atoms with van der Waals surface area (Å²) in [5, 5.41) is 0. The van der Waals surface area contributed by atoms with Gasteiger partial charge in [0.25, 0.3) is 0 Å². The minimum Gasteiger partial charge on any atom is -0.399 e. The standard InChI is InChI=1S/C18H20N2O/c1-2-16(13-6-4-3-5-7-13)18(21)20-11-10-14-8-9-15(19)12-17(14)20/h3-9,12,16H,2,10-11,19H2,1H3. The Kier molecular flexibility index (Phi) is 3.65. The molecule has 2 N–H and O–H groups in total. The number of hydrogen-bond acceptors (Lipinski definition) is 2. The summed E-state index contributed by atoms with van der Waals surface area (Å²) in [6.45, 7) is 2.81. The first-order valence-corrected chi connectivity index (χ1v) is 7.45. The summed E-state index contributed by atoms with van der Waals surface area (Å²) in [7, 11) is 0. The lowest BCUT2D eigenvalue weighted by molar-refractivity contribution is -0.120. The Morgan fingerprint density at radius 2 is 2.00 bits per heavy atom. The van der Waals surface area contributed by atoms with Crippen LogP contribution in [0.1, 0.15) is 30.4 Å². The molecule has 1 unspecified atom stereocenters. The van der Waals surface area contributed by atoms with Crippen LogP contribution in [0.25, 0.3) is 0 Å². The van der Waals surface area contributed by atoms with Crippen LogP contribution in [0, 0.1) is 0 Å². The van der Waals surface area contributed by atoms with Gasteiger partial charge in [0, 0.05) is 17.9 Å². The predicted octanol–water partition coefficient (Wildman–Crippen LogP) is 3.35. The maximum absolute atomic E-state index is 12.9. The summed E-state index contributed by atoms with van der Waals surface area (Å²) in [5.74, 6) is 0.0895. The minimum absolute atomic E-state index is 0.0846. The average Bonchev–Trinajstić information content (AvgIpc) is 2.92. The van der Waals surface area contributed by atoms with E-state index in [-0.39, 0.29) is 11.8 Å². The first-order valence-electron chi connectivity index (χ1n) is 7.45. The number of anilines is 2. The minimum atomic E-state index is -0.0846. The molecule has 0 radical (unpaired) electrons. The van der Waals surface area contributed by atoms with Gasteiger partial charge in [0.05, 0.1) is 5.92 Å². The maximum Gasteiger partial charge on any atom is 0.234 e. The summed E-state index contributed by atoms with van der Waals surface area (Å²) in [4.78, 5) is 14.8. The van der Waals surface area contributed by atoms with E-state index in [1.54, 1.807) is 0 Å². The topological polar surface area (TPSA) is 46.3 Å². The highest BCUT2D eigenvalue weighted by atomic mass is 16.2. The van der Waals surface area contributed by atoms with Crippen molar-refractivity contribution in [1.82, 2.24) is 0 Å². The predicted molar refractivity (Wildman–Crippen MR) is 86.4 cm³/mol. The van der Waals surface area contributed by atoms with Gasteiger partial charge in [-0.25, -0.2) is 0 Å². The van der Waals surface area contributed by atoms with Crippen molar-refractivity contribution in [2.75, 3.05) is 17.2 Å². The second kappa shape index (κ2) is 5.60. The third-order valence-electron chi connectivity index (χ3n) is 4.18. The molecule has 3 heteroatoms. The number of carbonyl (C=O) groups is 1. The molecule has 1 aliphatic heterocycles. The van der Waals surface area contributed by atoms with Gasteiger partial charge in [0.1, 0.15) is 0 Å². The number of rotatable bonds is 3. The molecule has 2 aromatic carbocycles. The normalized spacial score (nSPS) is 14.8. The number of hydrogen-bond donors (Lipinski definition) is 1. The van der Waals surface area contributed by atoms with Crippen LogP contribution in [-0.4, -0.2) is 12.5 Å². The molecule has 108 valence electrons. The maximum atomic E-state index is 12.9. The van der Waals surface area contributed by atoms with Gasteiger partial charge in [-0.05, 0) is 36.1 Å². The van der Waals surface area contributed by atoms with Crippen molar-refractivity contribution >= 4 is 17.3 Å². The van der Waals surface area contributed by atoms with Crippen molar-refractivity contribution in [3.05, 3.63) is 59.7 Å². The molecule has 1 aliphatic rings. The molecular formula is C18H20N2O. The van der Waals surface area contributed by atoms with Gasteiger partial charge >= 0.3 is 0 Å². The Hall–Kier alpha value is -2.29. The molecule has 3 rings (SSSR count). The summed E-state index contributed by atoms with van der Waals surface area (Å²) in [6, 6.07) is 15.9. The Morgan fingerprint density at radius 3 is 2.71 bits per heavy atom. The SMILES string of the molecule is CCC(C(=O)N1CCc2ccc(N)cc21)c1ccccc1. The Labute approximate surface area is 125 Å². The van der Waals surface area contributed by atoms with E-state index in [2.05, 4.69) is 6.92 Å². The van der Waals surface area contributed by atoms with Crippen LogP contribution in [0.4, 0.5) is 11.4 Å². The molecule has 0 aromatic heterocycles. The van der Waals surface area contributed by atoms with Crippen LogP contribution in [0.5, 0.6) is 0 Å². The number of amides is 1. The zero-order chi connectivity index (χ0) is 14.8. The summed E-state index contributed by atoms with van der Waals surface area (Å²) in [6.07, 6.45) is 1.71. The van der Waals surface area contributed by atoms with Crippen LogP contribution >= 0.6 is 0 Å². The van der Waals surface area contributed by atoms with Crippen molar-refractivity contribution in [2.45, 2.75) is 25.7 Å². The highest BCUT2D eigenvalue weighted by molar-refractivity contribution is 6.00. The molecule has 2 aromatic rings. The molecule has 0 aliphatic carbocycles. The zero-order valence-corrected chi connectivity index (χ0v) is 12.3. The van der Waals surface area contributed by atoms with Gasteiger partial charge in [-0.3, -0.25) is 4.79 Å². The largest absolute Gasteiger partial charge is 0.399 e. The number of nitrogens with two attached hydrogens (primary N) is 1. The van der Waals surface area contributed by atoms with E-state index in [9.17, 15) is 4.79 Å². The second-order valence-corrected chi connectivity index (χ2v) is 5.50. The van der Waals surface area contributed by atoms with Crippen molar-refractivity contribution in [3.63, 3.8) is 0 Å². The molecule has 3 nitrogen and oxygen atoms in total. The molecule has 0 spiro atoms. The molecular weight excluding hydrogens is 260 g/mol. The molecule has 0 saturated heterocycles. The second-order valence-electron chi connectivity index (χ2n) is 5.50.